The van der Waals surface area contributed by atoms with E-state index < -0.39 is 5.92 Å². The second-order valence-corrected chi connectivity index (χ2v) is 10.5. The quantitative estimate of drug-likeness (QED) is 0.469. The Kier molecular flexibility index (Phi) is 6.49. The zero-order valence-corrected chi connectivity index (χ0v) is 20.8. The molecule has 3 aliphatic rings. The number of aromatic nitrogens is 2. The van der Waals surface area contributed by atoms with Crippen LogP contribution in [-0.4, -0.2) is 79.0 Å². The molecule has 2 aromatic rings. The number of nitrogens with zero attached hydrogens (tertiary/aromatic N) is 4. The zero-order chi connectivity index (χ0) is 24.7. The lowest BCUT2D eigenvalue weighted by Gasteiger charge is -2.33. The van der Waals surface area contributed by atoms with Gasteiger partial charge in [0, 0.05) is 44.8 Å². The van der Waals surface area contributed by atoms with Gasteiger partial charge in [-0.15, -0.1) is 0 Å². The van der Waals surface area contributed by atoms with Gasteiger partial charge in [-0.1, -0.05) is 36.1 Å². The number of carbonyl (C=O) groups excluding carboxylic acids is 4. The van der Waals surface area contributed by atoms with Crippen molar-refractivity contribution in [1.82, 2.24) is 24.9 Å². The molecule has 0 bridgehead atoms. The molecule has 3 aliphatic heterocycles. The van der Waals surface area contributed by atoms with Gasteiger partial charge in [0.05, 0.1) is 17.4 Å². The van der Waals surface area contributed by atoms with Gasteiger partial charge >= 0.3 is 0 Å². The molecule has 10 nitrogen and oxygen atoms in total. The lowest BCUT2D eigenvalue weighted by Crippen LogP contribution is -2.47. The molecule has 3 fully saturated rings. The monoisotopic (exact) mass is 515 g/mol. The van der Waals surface area contributed by atoms with Crippen LogP contribution < -0.4 is 10.1 Å². The van der Waals surface area contributed by atoms with E-state index in [1.165, 1.54) is 16.7 Å². The van der Waals surface area contributed by atoms with Crippen molar-refractivity contribution in [3.05, 3.63) is 23.9 Å². The molecule has 3 saturated heterocycles. The summed E-state index contributed by atoms with van der Waals surface area (Å²) in [5.74, 6) is -0.307. The van der Waals surface area contributed by atoms with Gasteiger partial charge in [-0.05, 0) is 12.5 Å². The van der Waals surface area contributed by atoms with Gasteiger partial charge in [-0.3, -0.25) is 34.1 Å². The molecule has 184 valence electrons. The zero-order valence-electron chi connectivity index (χ0n) is 19.2. The van der Waals surface area contributed by atoms with E-state index in [2.05, 4.69) is 10.4 Å². The lowest BCUT2D eigenvalue weighted by molar-refractivity contribution is -0.137. The fraction of sp³-hybridized carbons (Fsp3) is 0.478. The fourth-order valence-corrected chi connectivity index (χ4v) is 5.88. The minimum absolute atomic E-state index is 0.00631. The average molecular weight is 516 g/mol. The van der Waals surface area contributed by atoms with Crippen LogP contribution in [0.3, 0.4) is 0 Å². The third-order valence-corrected chi connectivity index (χ3v) is 8.08. The van der Waals surface area contributed by atoms with E-state index in [9.17, 15) is 19.2 Å². The van der Waals surface area contributed by atoms with Crippen LogP contribution in [0.25, 0.3) is 10.9 Å². The highest BCUT2D eigenvalue weighted by atomic mass is 32.2. The molecule has 1 aromatic heterocycles. The van der Waals surface area contributed by atoms with E-state index in [1.54, 1.807) is 9.58 Å². The molecule has 35 heavy (non-hydrogen) atoms. The number of likely N-dealkylation sites (tertiary alicyclic amines) is 1. The number of fused-ring (bicyclic) bond motifs is 1. The average Bonchev–Trinajstić information content (AvgIpc) is 3.34. The van der Waals surface area contributed by atoms with Crippen LogP contribution in [0, 0.1) is 0 Å². The number of para-hydroxylation sites is 1. The van der Waals surface area contributed by atoms with Crippen molar-refractivity contribution in [2.24, 2.45) is 7.05 Å². The summed E-state index contributed by atoms with van der Waals surface area (Å²) in [5.41, 5.74) is 1.44. The molecule has 12 heteroatoms. The molecule has 1 atom stereocenters. The first-order valence-corrected chi connectivity index (χ1v) is 12.9. The number of thiocarbonyl (C=S) groups is 1. The Morgan fingerprint density at radius 2 is 2.00 bits per heavy atom. The van der Waals surface area contributed by atoms with Crippen LogP contribution in [0.5, 0.6) is 5.75 Å². The number of thioether (sulfide) groups is 1. The number of ether oxygens (including phenoxy) is 1. The summed E-state index contributed by atoms with van der Waals surface area (Å²) in [7, 11) is 1.81. The Morgan fingerprint density at radius 3 is 2.69 bits per heavy atom. The topological polar surface area (TPSA) is 114 Å². The number of benzene rings is 1. The third-order valence-electron chi connectivity index (χ3n) is 6.65. The fourth-order valence-electron chi connectivity index (χ4n) is 4.81. The predicted octanol–water partition coefficient (Wildman–Crippen LogP) is 1.32. The minimum atomic E-state index is -0.477. The number of imide groups is 1. The SMILES string of the molecule is Cn1nc(C2CCC(=O)NC2=O)c2cccc(OC3CCN(C(=O)CN4C(=O)CSC4=S)CC3)c21. The van der Waals surface area contributed by atoms with E-state index in [1.807, 2.05) is 25.2 Å². The summed E-state index contributed by atoms with van der Waals surface area (Å²) >= 11 is 6.46. The van der Waals surface area contributed by atoms with Gasteiger partial charge in [-0.2, -0.15) is 5.10 Å². The van der Waals surface area contributed by atoms with E-state index in [0.29, 0.717) is 60.3 Å². The Morgan fingerprint density at radius 1 is 1.23 bits per heavy atom. The smallest absolute Gasteiger partial charge is 0.242 e. The second kappa shape index (κ2) is 9.57. The van der Waals surface area contributed by atoms with Crippen LogP contribution in [0.4, 0.5) is 0 Å². The Labute approximate surface area is 211 Å². The molecule has 5 rings (SSSR count). The van der Waals surface area contributed by atoms with Crippen molar-refractivity contribution in [3.8, 4) is 5.75 Å². The standard InChI is InChI=1S/C23H25N5O5S2/c1-26-21-14(20(25-26)15-5-6-17(29)24-22(15)32)3-2-4-16(21)33-13-7-9-27(10-8-13)18(30)11-28-19(31)12-35-23(28)34/h2-4,13,15H,5-12H2,1H3,(H,24,29,32). The first-order chi connectivity index (χ1) is 16.8. The van der Waals surface area contributed by atoms with Gasteiger partial charge in [-0.25, -0.2) is 0 Å². The Hall–Kier alpha value is -2.99. The molecule has 0 aliphatic carbocycles. The summed E-state index contributed by atoms with van der Waals surface area (Å²) in [6.45, 7) is 1.07. The maximum atomic E-state index is 12.7. The molecule has 4 amide bonds. The van der Waals surface area contributed by atoms with Crippen molar-refractivity contribution in [3.63, 3.8) is 0 Å². The normalized spacial score (nSPS) is 21.7. The van der Waals surface area contributed by atoms with Crippen LogP contribution in [-0.2, 0) is 26.2 Å². The van der Waals surface area contributed by atoms with Crippen LogP contribution >= 0.6 is 24.0 Å². The number of piperidine rings is 2. The van der Waals surface area contributed by atoms with Gasteiger partial charge < -0.3 is 9.64 Å². The van der Waals surface area contributed by atoms with Crippen molar-refractivity contribution >= 4 is 62.8 Å². The lowest BCUT2D eigenvalue weighted by atomic mass is 9.93. The Bertz CT molecular complexity index is 1220. The highest BCUT2D eigenvalue weighted by Crippen LogP contribution is 2.35. The molecule has 1 N–H and O–H groups in total. The molecular formula is C23H25N5O5S2. The maximum Gasteiger partial charge on any atom is 0.242 e. The van der Waals surface area contributed by atoms with Crippen molar-refractivity contribution in [2.45, 2.75) is 37.7 Å². The molecule has 0 spiro atoms. The minimum Gasteiger partial charge on any atom is -0.488 e. The first-order valence-electron chi connectivity index (χ1n) is 11.5. The van der Waals surface area contributed by atoms with Crippen LogP contribution in [0.15, 0.2) is 18.2 Å². The molecule has 0 radical (unpaired) electrons. The Balaban J connectivity index is 1.25. The number of hydrogen-bond donors (Lipinski definition) is 1. The number of hydrogen-bond acceptors (Lipinski definition) is 8. The molecule has 1 aromatic carbocycles. The van der Waals surface area contributed by atoms with Crippen molar-refractivity contribution in [1.29, 1.82) is 0 Å². The largest absolute Gasteiger partial charge is 0.488 e. The maximum absolute atomic E-state index is 12.7. The van der Waals surface area contributed by atoms with Crippen molar-refractivity contribution < 1.29 is 23.9 Å². The number of amides is 4. The molecular weight excluding hydrogens is 490 g/mol. The number of carbonyl (C=O) groups is 4. The summed E-state index contributed by atoms with van der Waals surface area (Å²) in [6.07, 6.45) is 1.96. The molecule has 0 saturated carbocycles. The number of nitrogens with one attached hydrogen (secondary N) is 1. The molecule has 4 heterocycles. The van der Waals surface area contributed by atoms with Gasteiger partial charge in [0.2, 0.25) is 23.6 Å². The molecule has 1 unspecified atom stereocenters. The van der Waals surface area contributed by atoms with E-state index in [4.69, 9.17) is 17.0 Å². The summed E-state index contributed by atoms with van der Waals surface area (Å²) in [5, 5.41) is 7.84. The highest BCUT2D eigenvalue weighted by Gasteiger charge is 2.33. The highest BCUT2D eigenvalue weighted by molar-refractivity contribution is 8.23. The van der Waals surface area contributed by atoms with E-state index in [0.717, 1.165) is 10.9 Å². The van der Waals surface area contributed by atoms with Gasteiger partial charge in [0.25, 0.3) is 0 Å². The number of rotatable bonds is 5. The van der Waals surface area contributed by atoms with Gasteiger partial charge in [0.1, 0.15) is 28.2 Å². The number of aryl methyl sites for hydroxylation is 1. The predicted molar refractivity (Wildman–Crippen MR) is 133 cm³/mol. The third kappa shape index (κ3) is 4.64. The van der Waals surface area contributed by atoms with Crippen LogP contribution in [0.1, 0.15) is 37.3 Å². The first kappa shape index (κ1) is 23.7. The van der Waals surface area contributed by atoms with E-state index in [-0.39, 0.29) is 36.3 Å². The van der Waals surface area contributed by atoms with Gasteiger partial charge in [0.15, 0.2) is 0 Å². The second-order valence-electron chi connectivity index (χ2n) is 8.90. The summed E-state index contributed by atoms with van der Waals surface area (Å²) < 4.78 is 8.53. The van der Waals surface area contributed by atoms with E-state index >= 15 is 0 Å². The van der Waals surface area contributed by atoms with Crippen molar-refractivity contribution in [2.75, 3.05) is 25.4 Å². The van der Waals surface area contributed by atoms with Crippen LogP contribution in [0.2, 0.25) is 0 Å². The summed E-state index contributed by atoms with van der Waals surface area (Å²) in [4.78, 5) is 51.7. The summed E-state index contributed by atoms with van der Waals surface area (Å²) in [6, 6.07) is 5.67.